The maximum absolute atomic E-state index is 13.1. The lowest BCUT2D eigenvalue weighted by atomic mass is 10.0. The zero-order chi connectivity index (χ0) is 92.1. The Bertz CT molecular complexity index is 2990. The summed E-state index contributed by atoms with van der Waals surface area (Å²) in [7, 11) is -9.82. The Balaban J connectivity index is 4.61. The molecule has 0 saturated heterocycles. The van der Waals surface area contributed by atoms with E-state index in [4.69, 9.17) is 32.3 Å². The number of esters is 3. The fourth-order valence-corrected chi connectivity index (χ4v) is 15.7. The van der Waals surface area contributed by atoms with E-state index in [9.17, 15) is 43.5 Å². The topological polar surface area (TPSA) is 231 Å². The number of unbranched alkanes of at least 4 members (excludes halogenated alkanes) is 46. The molecule has 4 N–H and O–H groups in total. The van der Waals surface area contributed by atoms with Gasteiger partial charge < -0.3 is 34.2 Å². The highest BCUT2D eigenvalue weighted by Gasteiger charge is 2.30. The van der Waals surface area contributed by atoms with Crippen molar-refractivity contribution in [3.63, 3.8) is 0 Å². The summed E-state index contributed by atoms with van der Waals surface area (Å²) in [5.41, 5.74) is 0. The normalized spacial score (nSPS) is 14.4. The van der Waals surface area contributed by atoms with Gasteiger partial charge in [0.25, 0.3) is 0 Å². The van der Waals surface area contributed by atoms with Gasteiger partial charge >= 0.3 is 33.6 Å². The van der Waals surface area contributed by atoms with Gasteiger partial charge in [-0.1, -0.05) is 435 Å². The summed E-state index contributed by atoms with van der Waals surface area (Å²) >= 11 is 0. The van der Waals surface area contributed by atoms with Gasteiger partial charge in [-0.15, -0.1) is 0 Å². The number of phosphoric acid groups is 2. The van der Waals surface area contributed by atoms with Crippen molar-refractivity contribution < 1.29 is 75.8 Å². The molecule has 0 aromatic carbocycles. The number of aliphatic hydroxyl groups is 2. The summed E-state index contributed by atoms with van der Waals surface area (Å²) in [5, 5.41) is 20.8. The molecule has 5 unspecified atom stereocenters. The van der Waals surface area contributed by atoms with Crippen molar-refractivity contribution in [1.29, 1.82) is 0 Å². The Kier molecular flexibility index (Phi) is 95.9. The van der Waals surface area contributed by atoms with E-state index in [1.807, 2.05) is 0 Å². The molecule has 0 aromatic heterocycles. The van der Waals surface area contributed by atoms with Crippen molar-refractivity contribution in [2.75, 3.05) is 39.6 Å². The molecule has 0 fully saturated rings. The lowest BCUT2D eigenvalue weighted by Crippen LogP contribution is -2.30. The van der Waals surface area contributed by atoms with Crippen LogP contribution < -0.4 is 0 Å². The largest absolute Gasteiger partial charge is 0.472 e. The maximum atomic E-state index is 13.1. The molecule has 5 atom stereocenters. The summed E-state index contributed by atoms with van der Waals surface area (Å²) < 4.78 is 61.7. The van der Waals surface area contributed by atoms with Gasteiger partial charge in [0.1, 0.15) is 25.4 Å². The van der Waals surface area contributed by atoms with Crippen LogP contribution in [0.5, 0.6) is 0 Å². The molecule has 0 heterocycles. The van der Waals surface area contributed by atoms with Gasteiger partial charge in [0.05, 0.1) is 26.4 Å². The molecule has 0 aliphatic carbocycles. The molecule has 0 rings (SSSR count). The van der Waals surface area contributed by atoms with Crippen molar-refractivity contribution in [3.8, 4) is 0 Å². The number of rotatable bonds is 97. The van der Waals surface area contributed by atoms with Crippen LogP contribution in [0, 0.1) is 0 Å². The van der Waals surface area contributed by atoms with E-state index in [0.29, 0.717) is 19.3 Å². The summed E-state index contributed by atoms with van der Waals surface area (Å²) in [6.07, 6.45) is 131. The van der Waals surface area contributed by atoms with Gasteiger partial charge in [0, 0.05) is 19.3 Å². The zero-order valence-electron chi connectivity index (χ0n) is 80.9. The molecular weight excluding hydrogens is 1630 g/mol. The Labute approximate surface area is 777 Å². The van der Waals surface area contributed by atoms with Crippen LogP contribution >= 0.6 is 15.6 Å². The minimum atomic E-state index is -4.95. The Morgan fingerprint density at radius 3 is 0.661 bits per heavy atom. The first-order chi connectivity index (χ1) is 62.2. The third kappa shape index (κ3) is 101. The first-order valence-electron chi connectivity index (χ1n) is 51.4. The molecule has 0 saturated carbocycles. The van der Waals surface area contributed by atoms with Crippen LogP contribution in [-0.2, 0) is 55.8 Å². The second-order valence-electron chi connectivity index (χ2n) is 34.3. The standard InChI is InChI=1S/C109H188O16P2/c1-4-7-10-13-16-19-22-25-28-31-34-37-40-43-46-48-50-51-53-55-57-59-62-65-68-71-74-77-80-83-86-89-92-95-107(112)119-98-104(110)99-121-126(115,116)122-100-105(111)101-123-127(117,118)124-103-106(125-109(114)97-94-91-88-85-82-79-76-73-70-67-64-61-56-45-42-39-36-33-30-27-24-21-18-15-12-9-6-3)102-120-108(113)96-93-90-87-84-81-78-75-72-69-66-63-60-58-54-52-49-47-44-41-38-35-32-29-26-23-20-17-14-11-8-5-2/h7,10,16-21,25-30,34-39,43-47,50-51,56,104-106,110-111H,4-6,8-9,11-15,22-24,31-33,40-42,48-49,52-55,57-103H2,1-3H3,(H,115,116)(H,117,118)/b10-7-,19-16-,20-17-,21-18-,28-25-,29-26-,30-27-,37-34-,38-35-,39-36-,46-43-,47-44-,51-50-,56-45-. The second kappa shape index (κ2) is 99.9. The number of aliphatic hydroxyl groups excluding tert-OH is 2. The van der Waals surface area contributed by atoms with E-state index in [2.05, 4.69) is 191 Å². The van der Waals surface area contributed by atoms with Crippen molar-refractivity contribution in [1.82, 2.24) is 0 Å². The Morgan fingerprint density at radius 2 is 0.417 bits per heavy atom. The van der Waals surface area contributed by atoms with Gasteiger partial charge in [-0.05, 0) is 161 Å². The number of phosphoric ester groups is 2. The molecule has 0 radical (unpaired) electrons. The van der Waals surface area contributed by atoms with E-state index < -0.39 is 91.5 Å². The Hall–Kier alpha value is -5.09. The van der Waals surface area contributed by atoms with Gasteiger partial charge in [0.2, 0.25) is 0 Å². The lowest BCUT2D eigenvalue weighted by Gasteiger charge is -2.21. The van der Waals surface area contributed by atoms with Gasteiger partial charge in [-0.2, -0.15) is 0 Å². The van der Waals surface area contributed by atoms with Crippen LogP contribution in [0.15, 0.2) is 170 Å². The second-order valence-corrected chi connectivity index (χ2v) is 37.2. The van der Waals surface area contributed by atoms with Gasteiger partial charge in [0.15, 0.2) is 6.10 Å². The molecule has 0 aliphatic rings. The minimum Gasteiger partial charge on any atom is -0.463 e. The zero-order valence-corrected chi connectivity index (χ0v) is 82.7. The van der Waals surface area contributed by atoms with Crippen LogP contribution in [0.25, 0.3) is 0 Å². The predicted octanol–water partition coefficient (Wildman–Crippen LogP) is 32.6. The molecule has 0 bridgehead atoms. The number of carbonyl (C=O) groups is 3. The molecule has 16 nitrogen and oxygen atoms in total. The molecule has 0 spiro atoms. The van der Waals surface area contributed by atoms with Gasteiger partial charge in [-0.25, -0.2) is 9.13 Å². The molecule has 127 heavy (non-hydrogen) atoms. The van der Waals surface area contributed by atoms with E-state index in [1.165, 1.54) is 231 Å². The molecule has 18 heteroatoms. The number of hydrogen-bond donors (Lipinski definition) is 4. The first kappa shape index (κ1) is 122. The van der Waals surface area contributed by atoms with Crippen molar-refractivity contribution in [3.05, 3.63) is 170 Å². The highest BCUT2D eigenvalue weighted by Crippen LogP contribution is 2.45. The SMILES string of the molecule is CC/C=C\C/C=C\C/C=C\C/C=C\C/C=C\C/C=C\CCCCCCCCCCCCCCCCC(=O)OCC(O)COP(=O)(O)OCC(O)COP(=O)(O)OCC(COC(=O)CCCCCCCCCCCCCCCCC/C=C\C/C=C\C/C=C\C/C=C\CCCCC)OC(=O)CCCCCCCCCCCCC/C=C\C/C=C\C/C=C\C/C=C\CCCCC. The quantitative estimate of drug-likeness (QED) is 0.0146. The lowest BCUT2D eigenvalue weighted by molar-refractivity contribution is -0.161. The summed E-state index contributed by atoms with van der Waals surface area (Å²) in [4.78, 5) is 59.2. The summed E-state index contributed by atoms with van der Waals surface area (Å²) in [5.74, 6) is -1.56. The van der Waals surface area contributed by atoms with Crippen molar-refractivity contribution >= 4 is 33.6 Å². The number of hydrogen-bond acceptors (Lipinski definition) is 14. The van der Waals surface area contributed by atoms with Crippen LogP contribution in [0.2, 0.25) is 0 Å². The first-order valence-corrected chi connectivity index (χ1v) is 54.4. The monoisotopic (exact) mass is 1820 g/mol. The Morgan fingerprint density at radius 1 is 0.228 bits per heavy atom. The fraction of sp³-hybridized carbons (Fsp3) is 0.716. The third-order valence-corrected chi connectivity index (χ3v) is 23.8. The average Bonchev–Trinajstić information content (AvgIpc) is 0.899. The number of ether oxygens (including phenoxy) is 3. The molecule has 0 aliphatic heterocycles. The van der Waals surface area contributed by atoms with Crippen LogP contribution in [0.3, 0.4) is 0 Å². The third-order valence-electron chi connectivity index (χ3n) is 21.9. The molecule has 0 aromatic rings. The average molecular weight is 1820 g/mol. The van der Waals surface area contributed by atoms with Crippen molar-refractivity contribution in [2.45, 2.75) is 463 Å². The van der Waals surface area contributed by atoms with Crippen molar-refractivity contribution in [2.24, 2.45) is 0 Å². The predicted molar refractivity (Wildman–Crippen MR) is 537 cm³/mol. The van der Waals surface area contributed by atoms with E-state index in [-0.39, 0.29) is 19.3 Å². The van der Waals surface area contributed by atoms with E-state index >= 15 is 0 Å². The molecule has 0 amide bonds. The maximum Gasteiger partial charge on any atom is 0.472 e. The highest BCUT2D eigenvalue weighted by atomic mass is 31.2. The molecule has 730 valence electrons. The number of allylic oxidation sites excluding steroid dienone is 28. The van der Waals surface area contributed by atoms with Crippen LogP contribution in [-0.4, -0.2) is 95.9 Å². The fourth-order valence-electron chi connectivity index (χ4n) is 14.1. The number of carbonyl (C=O) groups excluding carboxylic acids is 3. The van der Waals surface area contributed by atoms with E-state index in [1.54, 1.807) is 0 Å². The highest BCUT2D eigenvalue weighted by molar-refractivity contribution is 7.47. The van der Waals surface area contributed by atoms with Crippen LogP contribution in [0.4, 0.5) is 0 Å². The minimum absolute atomic E-state index is 0.0986. The van der Waals surface area contributed by atoms with E-state index in [0.717, 1.165) is 154 Å². The molecular formula is C109H188O16P2. The van der Waals surface area contributed by atoms with Crippen LogP contribution in [0.1, 0.15) is 445 Å². The summed E-state index contributed by atoms with van der Waals surface area (Å²) in [6, 6.07) is 0. The summed E-state index contributed by atoms with van der Waals surface area (Å²) in [6.45, 7) is 2.58. The smallest absolute Gasteiger partial charge is 0.463 e. The van der Waals surface area contributed by atoms with Gasteiger partial charge in [-0.3, -0.25) is 32.5 Å².